The molecule has 7 aromatic carbocycles. The zero-order valence-corrected chi connectivity index (χ0v) is 43.9. The van der Waals surface area contributed by atoms with Crippen molar-refractivity contribution in [2.24, 2.45) is 0 Å². The average molecular weight is 1130 g/mol. The first-order valence-corrected chi connectivity index (χ1v) is 24.0. The number of benzene rings is 7. The summed E-state index contributed by atoms with van der Waals surface area (Å²) in [5, 5.41) is 2.11. The van der Waals surface area contributed by atoms with E-state index >= 15 is 8.78 Å². The number of aromatic nitrogens is 2. The van der Waals surface area contributed by atoms with E-state index in [9.17, 15) is 4.39 Å². The molecule has 1 aliphatic heterocycles. The van der Waals surface area contributed by atoms with Gasteiger partial charge in [-0.2, -0.15) is 12.1 Å². The van der Waals surface area contributed by atoms with Crippen LogP contribution in [0.4, 0.5) is 35.9 Å². The smallest absolute Gasteiger partial charge is 0.136 e. The molecule has 0 aliphatic carbocycles. The second-order valence-electron chi connectivity index (χ2n) is 21.0. The van der Waals surface area contributed by atoms with E-state index in [1.807, 2.05) is 89.4 Å². The molecule has 10 rings (SSSR count). The molecule has 1 aliphatic rings. The Balaban J connectivity index is 0.00000624. The Bertz CT molecular complexity index is 3440. The van der Waals surface area contributed by atoms with Gasteiger partial charge in [0.2, 0.25) is 0 Å². The van der Waals surface area contributed by atoms with Crippen molar-refractivity contribution < 1.29 is 39.0 Å². The number of hydrogen-bond donors (Lipinski definition) is 0. The Hall–Kier alpha value is -6.63. The van der Waals surface area contributed by atoms with Crippen LogP contribution in [0.25, 0.3) is 49.9 Å². The molecule has 0 atom stereocenters. The van der Waals surface area contributed by atoms with E-state index < -0.39 is 22.9 Å². The maximum Gasteiger partial charge on any atom is 0.136 e. The van der Waals surface area contributed by atoms with Crippen LogP contribution in [-0.4, -0.2) is 9.55 Å². The number of pyridine rings is 1. The second-order valence-corrected chi connectivity index (χ2v) is 21.0. The minimum absolute atomic E-state index is 0. The molecule has 3 heterocycles. The van der Waals surface area contributed by atoms with E-state index in [1.54, 1.807) is 0 Å². The predicted octanol–water partition coefficient (Wildman–Crippen LogP) is 17.6. The van der Waals surface area contributed by atoms with E-state index in [4.69, 9.17) is 9.72 Å². The third kappa shape index (κ3) is 9.28. The number of ether oxygens (including phenoxy) is 1. The van der Waals surface area contributed by atoms with Gasteiger partial charge in [0.1, 0.15) is 23.3 Å². The maximum absolute atomic E-state index is 16.4. The summed E-state index contributed by atoms with van der Waals surface area (Å²) in [6.07, 6.45) is 1.86. The van der Waals surface area contributed by atoms with Crippen molar-refractivity contribution in [2.45, 2.75) is 91.9 Å². The zero-order chi connectivity index (χ0) is 49.4. The van der Waals surface area contributed by atoms with Gasteiger partial charge in [-0.15, -0.1) is 48.1 Å². The Morgan fingerprint density at radius 2 is 1.21 bits per heavy atom. The average Bonchev–Trinajstić information content (AvgIpc) is 3.86. The van der Waals surface area contributed by atoms with Gasteiger partial charge in [-0.1, -0.05) is 123 Å². The largest absolute Gasteiger partial charge is 0.509 e. The number of anilines is 4. The molecular weight excluding hydrogens is 1070 g/mol. The molecule has 0 N–H and O–H groups in total. The van der Waals surface area contributed by atoms with Crippen molar-refractivity contribution in [3.8, 4) is 39.6 Å². The summed E-state index contributed by atoms with van der Waals surface area (Å²) in [5.41, 5.74) is 10.2. The van der Waals surface area contributed by atoms with Crippen molar-refractivity contribution in [3.05, 3.63) is 198 Å². The number of para-hydroxylation sites is 3. The summed E-state index contributed by atoms with van der Waals surface area (Å²) in [5.74, 6) is -0.760. The quantitative estimate of drug-likeness (QED) is 0.135. The number of halogens is 3. The van der Waals surface area contributed by atoms with Gasteiger partial charge < -0.3 is 19.1 Å². The molecule has 0 bridgehead atoms. The van der Waals surface area contributed by atoms with Gasteiger partial charge in [0.05, 0.1) is 5.56 Å². The van der Waals surface area contributed by atoms with Gasteiger partial charge in [-0.3, -0.25) is 0 Å². The summed E-state index contributed by atoms with van der Waals surface area (Å²) < 4.78 is 56.3. The second kappa shape index (κ2) is 18.8. The molecule has 0 amide bonds. The van der Waals surface area contributed by atoms with E-state index in [0.717, 1.165) is 78.9 Å². The minimum Gasteiger partial charge on any atom is -0.509 e. The van der Waals surface area contributed by atoms with Crippen LogP contribution in [0.1, 0.15) is 103 Å². The molecule has 364 valence electrons. The molecule has 9 aromatic rings. The minimum atomic E-state index is -0.984. The van der Waals surface area contributed by atoms with E-state index in [-0.39, 0.29) is 43.9 Å². The summed E-state index contributed by atoms with van der Waals surface area (Å²) >= 11 is 0. The SMILES string of the molecule is CC(C)c1cc(-c2cc(C(C)(C)C)cc(-c3c(F)cc(F)cc3F)c2N2[CH-]N(c3[c-]c(Oc4[c-]c5c(cc4)c4ccccc4n5-c4cc(C(C)(C)C)ccn4)ccc3)c3ccccc32)cc(C(C)C)c1.[Pt]. The van der Waals surface area contributed by atoms with Gasteiger partial charge >= 0.3 is 0 Å². The van der Waals surface area contributed by atoms with Gasteiger partial charge in [-0.25, -0.2) is 18.2 Å². The first-order valence-electron chi connectivity index (χ1n) is 24.0. The molecule has 0 saturated heterocycles. The predicted molar refractivity (Wildman–Crippen MR) is 281 cm³/mol. The van der Waals surface area contributed by atoms with Crippen molar-refractivity contribution in [1.82, 2.24) is 9.55 Å². The van der Waals surface area contributed by atoms with Crippen LogP contribution < -0.4 is 14.5 Å². The van der Waals surface area contributed by atoms with Crippen LogP contribution in [0, 0.1) is 36.3 Å². The monoisotopic (exact) mass is 1120 g/mol. The summed E-state index contributed by atoms with van der Waals surface area (Å²) in [7, 11) is 0. The molecule has 2 aromatic heterocycles. The maximum atomic E-state index is 16.4. The Kier molecular flexibility index (Phi) is 13.1. The number of nitrogens with zero attached hydrogens (tertiary/aromatic N) is 4. The third-order valence-corrected chi connectivity index (χ3v) is 13.4. The summed E-state index contributed by atoms with van der Waals surface area (Å²) in [6, 6.07) is 49.4. The van der Waals surface area contributed by atoms with Gasteiger partial charge in [-0.05, 0) is 98.3 Å². The van der Waals surface area contributed by atoms with Gasteiger partial charge in [0, 0.05) is 84.6 Å². The molecular formula is C62H56F3N4OPt-3. The molecule has 0 fully saturated rings. The molecule has 5 nitrogen and oxygen atoms in total. The van der Waals surface area contributed by atoms with Crippen molar-refractivity contribution in [1.29, 1.82) is 0 Å². The Morgan fingerprint density at radius 1 is 0.592 bits per heavy atom. The Morgan fingerprint density at radius 3 is 1.87 bits per heavy atom. The standard InChI is InChI=1S/C62H56F3N4O.Pt/c1-37(2)39-26-40(38(3)4)28-41(27-39)50-29-43(62(8,9)10)30-51(59-52(64)32-44(63)33-53(59)65)60(50)68-36-67(55-20-13-14-21-56(55)68)45-16-15-17-46(34-45)70-47-22-23-49-48-18-11-12-19-54(48)69(57(49)35-47)58-31-42(24-25-66-58)61(5,6)7;/h11-33,36-38H,1-10H3;/q-3;. The van der Waals surface area contributed by atoms with Crippen molar-refractivity contribution in [3.63, 3.8) is 0 Å². The summed E-state index contributed by atoms with van der Waals surface area (Å²) in [4.78, 5) is 8.84. The Labute approximate surface area is 430 Å². The zero-order valence-electron chi connectivity index (χ0n) is 41.7. The number of fused-ring (bicyclic) bond motifs is 4. The molecule has 0 saturated carbocycles. The fraction of sp³-hybridized carbons (Fsp3) is 0.226. The fourth-order valence-electron chi connectivity index (χ4n) is 9.45. The van der Waals surface area contributed by atoms with E-state index in [0.29, 0.717) is 28.4 Å². The molecule has 0 spiro atoms. The first-order chi connectivity index (χ1) is 33.3. The van der Waals surface area contributed by atoms with Crippen LogP contribution in [0.5, 0.6) is 11.5 Å². The van der Waals surface area contributed by atoms with Crippen LogP contribution in [0.2, 0.25) is 0 Å². The van der Waals surface area contributed by atoms with Crippen LogP contribution in [0.15, 0.2) is 140 Å². The summed E-state index contributed by atoms with van der Waals surface area (Å²) in [6.45, 7) is 23.4. The number of rotatable bonds is 9. The van der Waals surface area contributed by atoms with E-state index in [1.165, 1.54) is 5.56 Å². The normalized spacial score (nSPS) is 12.9. The first kappa shape index (κ1) is 49.4. The van der Waals surface area contributed by atoms with E-state index in [2.05, 4.69) is 141 Å². The molecule has 0 radical (unpaired) electrons. The van der Waals surface area contributed by atoms with Crippen molar-refractivity contribution >= 4 is 44.6 Å². The number of hydrogen-bond acceptors (Lipinski definition) is 4. The molecule has 9 heteroatoms. The van der Waals surface area contributed by atoms with Gasteiger partial charge in [0.15, 0.2) is 0 Å². The molecule has 71 heavy (non-hydrogen) atoms. The fourth-order valence-corrected chi connectivity index (χ4v) is 9.45. The van der Waals surface area contributed by atoms with Crippen LogP contribution >= 0.6 is 0 Å². The third-order valence-electron chi connectivity index (χ3n) is 13.4. The van der Waals surface area contributed by atoms with Gasteiger partial charge in [0.25, 0.3) is 0 Å². The topological polar surface area (TPSA) is 33.5 Å². The molecule has 0 unspecified atom stereocenters. The van der Waals surface area contributed by atoms with Crippen molar-refractivity contribution in [2.75, 3.05) is 9.80 Å². The van der Waals surface area contributed by atoms with Crippen LogP contribution in [0.3, 0.4) is 0 Å². The van der Waals surface area contributed by atoms with Crippen LogP contribution in [-0.2, 0) is 31.9 Å².